The Hall–Kier alpha value is -16.8. The number of piperidine rings is 2. The van der Waals surface area contributed by atoms with Crippen LogP contribution in [-0.4, -0.2) is 213 Å². The molecule has 12 aromatic heterocycles. The molecule has 4 aliphatic heterocycles. The molecule has 4 saturated heterocycles. The number of morpholine rings is 1. The van der Waals surface area contributed by atoms with Gasteiger partial charge in [-0.1, -0.05) is 48.5 Å². The number of aromatic nitrogens is 16. The number of ether oxygens (including phenoxy) is 3. The van der Waals surface area contributed by atoms with Crippen LogP contribution in [0.5, 0.6) is 23.3 Å². The first kappa shape index (κ1) is 98.0. The largest absolute Gasteiger partial charge is 0.436 e. The molecular formula is C108H98F6N24O8. The van der Waals surface area contributed by atoms with Crippen molar-refractivity contribution in [2.24, 2.45) is 0 Å². The Morgan fingerprint density at radius 2 is 0.678 bits per heavy atom. The third-order valence-corrected chi connectivity index (χ3v) is 25.2. The van der Waals surface area contributed by atoms with E-state index in [9.17, 15) is 50.6 Å². The summed E-state index contributed by atoms with van der Waals surface area (Å²) >= 11 is 0. The SMILES string of the molecule is Cc1ccc(NC(=O)c2n[nH]c3ccc(-c4cncc(CN5CCC(F)(F)C5)c4)cc23)cn1.Cc1ccc(NC(=O)c2n[nH]c3ccc(-c4cncc(CN5CCC(F)(F)CC5)c4)cc23)cn1.O=C(Nc1ccc(Oc2ccccc2F)nc1)c1n[nH]c2ccc(-c3cncc(CN4CCC(O)CC4)c3)cc12.O=C(Nc1ccc(Oc2ccccc2F)nc1)c1n[nH]c2ccc(-c3cncc(CN4CCOCC4)c3)cc12. The Balaban J connectivity index is 0.000000123. The minimum atomic E-state index is -2.62. The van der Waals surface area contributed by atoms with E-state index in [2.05, 4.69) is 124 Å². The minimum absolute atomic E-state index is 0.0673. The molecule has 18 aromatic rings. The number of nitrogens with one attached hydrogen (secondary N) is 8. The highest BCUT2D eigenvalue weighted by atomic mass is 19.3. The number of benzene rings is 6. The summed E-state index contributed by atoms with van der Waals surface area (Å²) in [5.74, 6) is -7.07. The average Bonchev–Trinajstić information content (AvgIpc) is 1.63. The standard InChI is InChI=1S/C30H27FN6O3.C29H25FN6O3.C25H24F2N6O.C24H22F2N6O/c31-25-3-1-2-4-27(25)40-28-8-6-22(17-33-28)34-30(39)29-24-14-20(5-7-26(24)35-36-29)21-13-19(15-32-16-21)18-37-11-9-23(38)10-12-37;30-24-3-1-2-4-26(24)39-27-8-6-22(17-32-27)33-29(37)28-23-14-20(5-7-25(23)34-35-28)21-13-19(15-31-16-21)18-36-9-11-38-12-10-36;1-16-2-4-20(14-29-16)30-24(34)23-21-11-18(3-5-22(21)31-32-23)19-10-17(12-28-13-19)15-33-8-6-25(26,27)7-9-33;1-15-2-4-19(12-28-15)29-23(33)22-20-9-17(3-5-21(20)30-31-22)18-8-16(10-27-11-18)13-32-7-6-24(25,26)14-32/h1-8,13-17,23,38H,9-12,18H2,(H,34,39)(H,35,36);1-8,13-17H,9-12,18H2,(H,33,37)(H,34,35);2-5,10-14H,6-9,15H2,1H3,(H,30,34)(H,31,32);2-5,8-12H,6-7,13-14H2,1H3,(H,29,33)(H,30,31). The van der Waals surface area contributed by atoms with Crippen molar-refractivity contribution in [1.29, 1.82) is 0 Å². The molecule has 0 spiro atoms. The molecule has 0 radical (unpaired) electrons. The number of aliphatic hydroxyl groups excluding tert-OH is 1. The van der Waals surface area contributed by atoms with Crippen LogP contribution in [0.1, 0.15) is 108 Å². The number of H-pyrrole nitrogens is 4. The second kappa shape index (κ2) is 44.4. The second-order valence-electron chi connectivity index (χ2n) is 36.0. The fourth-order valence-electron chi connectivity index (χ4n) is 17.4. The molecule has 4 amide bonds. The predicted octanol–water partition coefficient (Wildman–Crippen LogP) is 19.4. The van der Waals surface area contributed by atoms with Gasteiger partial charge in [0.2, 0.25) is 11.8 Å². The lowest BCUT2D eigenvalue weighted by Gasteiger charge is -2.31. The number of rotatable bonds is 24. The van der Waals surface area contributed by atoms with E-state index in [1.807, 2.05) is 134 Å². The van der Waals surface area contributed by atoms with Crippen molar-refractivity contribution in [1.82, 2.24) is 100 Å². The lowest BCUT2D eigenvalue weighted by molar-refractivity contribution is -0.0566. The van der Waals surface area contributed by atoms with E-state index in [0.717, 1.165) is 166 Å². The van der Waals surface area contributed by atoms with Gasteiger partial charge in [-0.3, -0.25) is 89.1 Å². The first-order chi connectivity index (χ1) is 70.9. The minimum Gasteiger partial charge on any atom is -0.436 e. The number of carbonyl (C=O) groups is 4. The third-order valence-electron chi connectivity index (χ3n) is 25.2. The summed E-state index contributed by atoms with van der Waals surface area (Å²) < 4.78 is 98.0. The fourth-order valence-corrected chi connectivity index (χ4v) is 17.4. The zero-order chi connectivity index (χ0) is 101. The van der Waals surface area contributed by atoms with Gasteiger partial charge in [0.15, 0.2) is 45.9 Å². The van der Waals surface area contributed by atoms with Gasteiger partial charge in [-0.15, -0.1) is 0 Å². The zero-order valence-electron chi connectivity index (χ0n) is 79.1. The van der Waals surface area contributed by atoms with Gasteiger partial charge in [-0.05, 0) is 205 Å². The Bertz CT molecular complexity index is 7710. The van der Waals surface area contributed by atoms with Crippen LogP contribution < -0.4 is 30.7 Å². The first-order valence-electron chi connectivity index (χ1n) is 47.3. The number of anilines is 4. The van der Waals surface area contributed by atoms with Gasteiger partial charge in [-0.2, -0.15) is 20.4 Å². The smallest absolute Gasteiger partial charge is 0.276 e. The topological polar surface area (TPSA) is 395 Å². The number of carbonyl (C=O) groups excluding carboxylic acids is 4. The third kappa shape index (κ3) is 24.7. The van der Waals surface area contributed by atoms with Gasteiger partial charge in [0.05, 0.1) is 95.5 Å². The number of amides is 4. The van der Waals surface area contributed by atoms with Crippen LogP contribution in [0.15, 0.2) is 268 Å². The molecule has 38 heteroatoms. The van der Waals surface area contributed by atoms with E-state index in [1.54, 1.807) is 109 Å². The van der Waals surface area contributed by atoms with Gasteiger partial charge in [0.1, 0.15) is 0 Å². The summed E-state index contributed by atoms with van der Waals surface area (Å²) in [5, 5.41) is 52.3. The van der Waals surface area contributed by atoms with Crippen LogP contribution in [0.2, 0.25) is 0 Å². The van der Waals surface area contributed by atoms with E-state index in [1.165, 1.54) is 36.7 Å². The van der Waals surface area contributed by atoms with Gasteiger partial charge < -0.3 is 40.6 Å². The van der Waals surface area contributed by atoms with E-state index in [4.69, 9.17) is 14.2 Å². The number of aromatic amines is 4. The number of halogens is 6. The van der Waals surface area contributed by atoms with Crippen molar-refractivity contribution >= 4 is 90.0 Å². The molecule has 0 atom stereocenters. The number of hydrogen-bond donors (Lipinski definition) is 9. The molecule has 146 heavy (non-hydrogen) atoms. The lowest BCUT2D eigenvalue weighted by atomic mass is 10.0. The van der Waals surface area contributed by atoms with Crippen molar-refractivity contribution in [2.75, 3.05) is 86.8 Å². The number of likely N-dealkylation sites (tertiary alicyclic amines) is 3. The zero-order valence-corrected chi connectivity index (χ0v) is 79.1. The van der Waals surface area contributed by atoms with Crippen LogP contribution in [0.25, 0.3) is 88.1 Å². The molecule has 9 N–H and O–H groups in total. The second-order valence-corrected chi connectivity index (χ2v) is 36.0. The quantitative estimate of drug-likeness (QED) is 0.0254. The summed E-state index contributed by atoms with van der Waals surface area (Å²) in [6.45, 7) is 12.2. The Kier molecular flexibility index (Phi) is 29.8. The summed E-state index contributed by atoms with van der Waals surface area (Å²) in [6, 6.07) is 56.9. The molecule has 740 valence electrons. The van der Waals surface area contributed by atoms with E-state index < -0.39 is 29.4 Å². The Morgan fingerprint density at radius 1 is 0.363 bits per heavy atom. The molecule has 0 aliphatic carbocycles. The summed E-state index contributed by atoms with van der Waals surface area (Å²) in [7, 11) is 0. The van der Waals surface area contributed by atoms with Gasteiger partial charge in [-0.25, -0.2) is 36.3 Å². The van der Waals surface area contributed by atoms with Crippen LogP contribution in [-0.2, 0) is 30.9 Å². The molecule has 16 heterocycles. The monoisotopic (exact) mass is 1970 g/mol. The highest BCUT2D eigenvalue weighted by Gasteiger charge is 2.39. The predicted molar refractivity (Wildman–Crippen MR) is 539 cm³/mol. The number of para-hydroxylation sites is 2. The number of aliphatic hydroxyl groups is 1. The van der Waals surface area contributed by atoms with E-state index in [-0.39, 0.29) is 95.7 Å². The van der Waals surface area contributed by atoms with Crippen LogP contribution in [0, 0.1) is 25.5 Å². The Labute approximate surface area is 831 Å². The maximum absolute atomic E-state index is 13.8. The van der Waals surface area contributed by atoms with Crippen LogP contribution in [0.3, 0.4) is 0 Å². The normalized spacial score (nSPS) is 14.9. The van der Waals surface area contributed by atoms with Crippen molar-refractivity contribution < 1.29 is 64.8 Å². The maximum Gasteiger partial charge on any atom is 0.276 e. The molecule has 0 bridgehead atoms. The molecule has 4 fully saturated rings. The molecule has 6 aromatic carbocycles. The molecule has 0 unspecified atom stereocenters. The summed E-state index contributed by atoms with van der Waals surface area (Å²) in [6.07, 6.45) is 21.4. The summed E-state index contributed by atoms with van der Waals surface area (Å²) in [5.41, 5.74) is 19.1. The first-order valence-corrected chi connectivity index (χ1v) is 47.3. The molecular weight excluding hydrogens is 1880 g/mol. The van der Waals surface area contributed by atoms with E-state index >= 15 is 0 Å². The highest BCUT2D eigenvalue weighted by molar-refractivity contribution is 6.14. The molecule has 0 saturated carbocycles. The average molecular weight is 1970 g/mol. The van der Waals surface area contributed by atoms with Crippen molar-refractivity contribution in [3.8, 4) is 67.8 Å². The van der Waals surface area contributed by atoms with Crippen LogP contribution in [0.4, 0.5) is 49.1 Å². The number of fused-ring (bicyclic) bond motifs is 4. The molecule has 32 nitrogen and oxygen atoms in total. The van der Waals surface area contributed by atoms with Gasteiger partial charge >= 0.3 is 0 Å². The van der Waals surface area contributed by atoms with Crippen molar-refractivity contribution in [3.63, 3.8) is 0 Å². The van der Waals surface area contributed by atoms with Gasteiger partial charge in [0, 0.05) is 208 Å². The fraction of sp³-hybridized carbons (Fsp3) is 0.222. The van der Waals surface area contributed by atoms with Gasteiger partial charge in [0.25, 0.3) is 35.5 Å². The van der Waals surface area contributed by atoms with Crippen molar-refractivity contribution in [2.45, 2.75) is 90.1 Å². The number of hydrogen-bond acceptors (Lipinski definition) is 24. The number of aryl methyl sites for hydroxylation is 2. The number of alkyl halides is 4. The maximum atomic E-state index is 13.8. The Morgan fingerprint density at radius 3 is 1.00 bits per heavy atom. The number of pyridine rings is 8. The summed E-state index contributed by atoms with van der Waals surface area (Å²) in [4.78, 5) is 94.6. The van der Waals surface area contributed by atoms with Crippen LogP contribution >= 0.6 is 0 Å². The van der Waals surface area contributed by atoms with Crippen molar-refractivity contribution in [3.05, 3.63) is 337 Å². The highest BCUT2D eigenvalue weighted by Crippen LogP contribution is 2.37. The lowest BCUT2D eigenvalue weighted by Crippen LogP contribution is -2.38. The molecule has 22 rings (SSSR count). The van der Waals surface area contributed by atoms with E-state index in [0.29, 0.717) is 77.0 Å². The number of nitrogens with zero attached hydrogens (tertiary/aromatic N) is 16. The molecule has 4 aliphatic rings.